The minimum atomic E-state index is -0.0427. The zero-order valence-corrected chi connectivity index (χ0v) is 10.4. The molecule has 1 amide bonds. The van der Waals surface area contributed by atoms with Crippen molar-refractivity contribution in [1.82, 2.24) is 4.90 Å². The Bertz CT molecular complexity index is 369. The van der Waals surface area contributed by atoms with Crippen LogP contribution < -0.4 is 0 Å². The van der Waals surface area contributed by atoms with Gasteiger partial charge in [0.1, 0.15) is 0 Å². The molecule has 0 bridgehead atoms. The first-order chi connectivity index (χ1) is 7.69. The van der Waals surface area contributed by atoms with Crippen LogP contribution in [0, 0.1) is 0 Å². The molecular formula is C13H16ClNO. The predicted octanol–water partition coefficient (Wildman–Crippen LogP) is 3.13. The summed E-state index contributed by atoms with van der Waals surface area (Å²) in [6.45, 7) is 5.30. The van der Waals surface area contributed by atoms with Gasteiger partial charge in [0.2, 0.25) is 5.91 Å². The monoisotopic (exact) mass is 237 g/mol. The molecule has 0 spiro atoms. The van der Waals surface area contributed by atoms with Gasteiger partial charge >= 0.3 is 0 Å². The summed E-state index contributed by atoms with van der Waals surface area (Å²) in [6, 6.07) is 9.48. The summed E-state index contributed by atoms with van der Waals surface area (Å²) < 4.78 is 0. The van der Waals surface area contributed by atoms with Crippen LogP contribution in [0.25, 0.3) is 5.03 Å². The van der Waals surface area contributed by atoms with E-state index in [2.05, 4.69) is 0 Å². The summed E-state index contributed by atoms with van der Waals surface area (Å²) in [5, 5.41) is 0.484. The number of amides is 1. The Morgan fingerprint density at radius 1 is 1.25 bits per heavy atom. The topological polar surface area (TPSA) is 20.3 Å². The van der Waals surface area contributed by atoms with Gasteiger partial charge in [-0.1, -0.05) is 41.9 Å². The van der Waals surface area contributed by atoms with E-state index in [0.29, 0.717) is 18.1 Å². The minimum absolute atomic E-state index is 0.0427. The van der Waals surface area contributed by atoms with E-state index in [0.717, 1.165) is 5.56 Å². The molecule has 0 saturated heterocycles. The van der Waals surface area contributed by atoms with Crippen LogP contribution in [0.1, 0.15) is 19.4 Å². The molecular weight excluding hydrogens is 222 g/mol. The molecule has 86 valence electrons. The van der Waals surface area contributed by atoms with Crippen LogP contribution in [0.2, 0.25) is 0 Å². The van der Waals surface area contributed by atoms with Crippen molar-refractivity contribution in [2.45, 2.75) is 13.8 Å². The maximum absolute atomic E-state index is 11.8. The van der Waals surface area contributed by atoms with Gasteiger partial charge in [0, 0.05) is 19.2 Å². The zero-order valence-electron chi connectivity index (χ0n) is 9.61. The quantitative estimate of drug-likeness (QED) is 0.737. The van der Waals surface area contributed by atoms with Gasteiger partial charge < -0.3 is 4.90 Å². The van der Waals surface area contributed by atoms with Gasteiger partial charge in [0.15, 0.2) is 0 Å². The van der Waals surface area contributed by atoms with Crippen molar-refractivity contribution < 1.29 is 4.79 Å². The first-order valence-electron chi connectivity index (χ1n) is 5.40. The third kappa shape index (κ3) is 3.38. The Hall–Kier alpha value is -1.28. The first kappa shape index (κ1) is 12.8. The van der Waals surface area contributed by atoms with Crippen LogP contribution in [0.15, 0.2) is 36.4 Å². The van der Waals surface area contributed by atoms with Crippen LogP contribution >= 0.6 is 11.6 Å². The van der Waals surface area contributed by atoms with Gasteiger partial charge in [0.05, 0.1) is 5.03 Å². The molecule has 2 nitrogen and oxygen atoms in total. The average molecular weight is 238 g/mol. The lowest BCUT2D eigenvalue weighted by Gasteiger charge is -2.16. The number of rotatable bonds is 4. The molecule has 1 aromatic carbocycles. The fourth-order valence-corrected chi connectivity index (χ4v) is 1.64. The molecule has 0 aliphatic carbocycles. The largest absolute Gasteiger partial charge is 0.340 e. The number of carbonyl (C=O) groups is 1. The number of halogens is 1. The molecule has 0 atom stereocenters. The standard InChI is InChI=1S/C13H16ClNO/c1-3-15(4-2)13(16)10-12(14)11-8-6-5-7-9-11/h5-10H,3-4H2,1-2H3/b12-10-. The van der Waals surface area contributed by atoms with E-state index in [-0.39, 0.29) is 5.91 Å². The molecule has 0 heterocycles. The molecule has 1 aromatic rings. The van der Waals surface area contributed by atoms with E-state index in [4.69, 9.17) is 11.6 Å². The molecule has 0 aliphatic heterocycles. The van der Waals surface area contributed by atoms with Crippen LogP contribution in [-0.2, 0) is 4.79 Å². The maximum Gasteiger partial charge on any atom is 0.248 e. The number of nitrogens with zero attached hydrogens (tertiary/aromatic N) is 1. The van der Waals surface area contributed by atoms with E-state index in [1.807, 2.05) is 44.2 Å². The van der Waals surface area contributed by atoms with Crippen molar-refractivity contribution in [3.05, 3.63) is 42.0 Å². The molecule has 16 heavy (non-hydrogen) atoms. The van der Waals surface area contributed by atoms with E-state index >= 15 is 0 Å². The van der Waals surface area contributed by atoms with Crippen LogP contribution in [0.4, 0.5) is 0 Å². The highest BCUT2D eigenvalue weighted by molar-refractivity contribution is 6.50. The third-order valence-electron chi connectivity index (χ3n) is 2.37. The van der Waals surface area contributed by atoms with Crippen LogP contribution in [0.5, 0.6) is 0 Å². The molecule has 0 N–H and O–H groups in total. The highest BCUT2D eigenvalue weighted by Gasteiger charge is 2.07. The fourth-order valence-electron chi connectivity index (χ4n) is 1.42. The second-order valence-corrected chi connectivity index (χ2v) is 3.78. The summed E-state index contributed by atoms with van der Waals surface area (Å²) in [5.74, 6) is -0.0427. The Labute approximate surface area is 102 Å². The average Bonchev–Trinajstić information content (AvgIpc) is 2.31. The number of hydrogen-bond donors (Lipinski definition) is 0. The van der Waals surface area contributed by atoms with E-state index in [9.17, 15) is 4.79 Å². The second-order valence-electron chi connectivity index (χ2n) is 3.37. The van der Waals surface area contributed by atoms with Gasteiger partial charge in [-0.3, -0.25) is 4.79 Å². The van der Waals surface area contributed by atoms with Crippen molar-refractivity contribution in [2.24, 2.45) is 0 Å². The lowest BCUT2D eigenvalue weighted by molar-refractivity contribution is -0.125. The Kier molecular flexibility index (Phi) is 5.06. The molecule has 0 aliphatic rings. The minimum Gasteiger partial charge on any atom is -0.340 e. The summed E-state index contributed by atoms with van der Waals surface area (Å²) in [7, 11) is 0. The summed E-state index contributed by atoms with van der Waals surface area (Å²) in [6.07, 6.45) is 1.48. The van der Waals surface area contributed by atoms with Crippen LogP contribution in [-0.4, -0.2) is 23.9 Å². The van der Waals surface area contributed by atoms with E-state index in [1.54, 1.807) is 4.90 Å². The van der Waals surface area contributed by atoms with Gasteiger partial charge in [-0.05, 0) is 19.4 Å². The molecule has 0 fully saturated rings. The SMILES string of the molecule is CCN(CC)C(=O)/C=C(\Cl)c1ccccc1. The first-order valence-corrected chi connectivity index (χ1v) is 5.78. The highest BCUT2D eigenvalue weighted by atomic mass is 35.5. The van der Waals surface area contributed by atoms with Gasteiger partial charge in [-0.2, -0.15) is 0 Å². The van der Waals surface area contributed by atoms with Crippen molar-refractivity contribution >= 4 is 22.5 Å². The molecule has 0 unspecified atom stereocenters. The highest BCUT2D eigenvalue weighted by Crippen LogP contribution is 2.18. The normalized spacial score (nSPS) is 11.3. The van der Waals surface area contributed by atoms with Gasteiger partial charge in [-0.25, -0.2) is 0 Å². The molecule has 1 rings (SSSR count). The lowest BCUT2D eigenvalue weighted by atomic mass is 10.2. The summed E-state index contributed by atoms with van der Waals surface area (Å²) in [4.78, 5) is 13.5. The summed E-state index contributed by atoms with van der Waals surface area (Å²) >= 11 is 6.07. The smallest absolute Gasteiger partial charge is 0.248 e. The number of benzene rings is 1. The number of carbonyl (C=O) groups excluding carboxylic acids is 1. The maximum atomic E-state index is 11.8. The van der Waals surface area contributed by atoms with Crippen molar-refractivity contribution in [3.63, 3.8) is 0 Å². The Morgan fingerprint density at radius 3 is 2.31 bits per heavy atom. The molecule has 0 aromatic heterocycles. The molecule has 0 saturated carbocycles. The van der Waals surface area contributed by atoms with Crippen molar-refractivity contribution in [2.75, 3.05) is 13.1 Å². The van der Waals surface area contributed by atoms with Gasteiger partial charge in [0.25, 0.3) is 0 Å². The molecule has 3 heteroatoms. The van der Waals surface area contributed by atoms with E-state index in [1.165, 1.54) is 6.08 Å². The summed E-state index contributed by atoms with van der Waals surface area (Å²) in [5.41, 5.74) is 0.865. The van der Waals surface area contributed by atoms with Crippen molar-refractivity contribution in [1.29, 1.82) is 0 Å². The number of likely N-dealkylation sites (N-methyl/N-ethyl adjacent to an activating group) is 1. The second kappa shape index (κ2) is 6.33. The van der Waals surface area contributed by atoms with Crippen molar-refractivity contribution in [3.8, 4) is 0 Å². The Balaban J connectivity index is 2.81. The van der Waals surface area contributed by atoms with Crippen LogP contribution in [0.3, 0.4) is 0 Å². The predicted molar refractivity (Wildman–Crippen MR) is 68.2 cm³/mol. The lowest BCUT2D eigenvalue weighted by Crippen LogP contribution is -2.28. The molecule has 0 radical (unpaired) electrons. The number of hydrogen-bond acceptors (Lipinski definition) is 1. The van der Waals surface area contributed by atoms with Gasteiger partial charge in [-0.15, -0.1) is 0 Å². The van der Waals surface area contributed by atoms with E-state index < -0.39 is 0 Å². The third-order valence-corrected chi connectivity index (χ3v) is 2.70. The zero-order chi connectivity index (χ0) is 12.0. The Morgan fingerprint density at radius 2 is 1.81 bits per heavy atom. The fraction of sp³-hybridized carbons (Fsp3) is 0.308.